The number of nitrogens with zero attached hydrogens (tertiary/aromatic N) is 6. The molecule has 0 saturated carbocycles. The molecule has 1 unspecified atom stereocenters. The molecule has 0 bridgehead atoms. The number of anilines is 1. The van der Waals surface area contributed by atoms with Crippen LogP contribution in [0.5, 0.6) is 5.75 Å². The number of benzene rings is 1. The molecule has 1 aromatic carbocycles. The maximum atomic E-state index is 14.7. The van der Waals surface area contributed by atoms with E-state index >= 15 is 0 Å². The van der Waals surface area contributed by atoms with Crippen LogP contribution in [0, 0.1) is 5.82 Å². The molecule has 10 nitrogen and oxygen atoms in total. The number of hydrogen-bond acceptors (Lipinski definition) is 8. The molecule has 3 aliphatic rings. The largest absolute Gasteiger partial charge is 0.573 e. The first-order valence-corrected chi connectivity index (χ1v) is 14.0. The Labute approximate surface area is 240 Å². The van der Waals surface area contributed by atoms with Crippen molar-refractivity contribution < 1.29 is 37.0 Å². The number of carbonyl (C=O) groups is 2. The third-order valence-electron chi connectivity index (χ3n) is 8.31. The van der Waals surface area contributed by atoms with E-state index in [9.17, 15) is 32.3 Å². The molecule has 5 rings (SSSR count). The van der Waals surface area contributed by atoms with Crippen molar-refractivity contribution in [1.29, 1.82) is 0 Å². The predicted molar refractivity (Wildman–Crippen MR) is 143 cm³/mol. The first-order valence-electron chi connectivity index (χ1n) is 14.0. The first-order chi connectivity index (χ1) is 19.9. The molecule has 14 heteroatoms. The molecule has 42 heavy (non-hydrogen) atoms. The predicted octanol–water partition coefficient (Wildman–Crippen LogP) is 2.65. The van der Waals surface area contributed by atoms with Crippen LogP contribution in [0.4, 0.5) is 23.4 Å². The molecule has 2 amide bonds. The van der Waals surface area contributed by atoms with Crippen molar-refractivity contribution in [1.82, 2.24) is 24.7 Å². The molecule has 3 heterocycles. The van der Waals surface area contributed by atoms with E-state index in [-0.39, 0.29) is 29.8 Å². The van der Waals surface area contributed by atoms with Gasteiger partial charge in [0, 0.05) is 71.4 Å². The van der Waals surface area contributed by atoms with Crippen molar-refractivity contribution in [2.75, 3.05) is 63.8 Å². The van der Waals surface area contributed by atoms with E-state index in [1.54, 1.807) is 9.80 Å². The number of piperazine rings is 2. The molecule has 1 N–H and O–H groups in total. The molecule has 1 aromatic heterocycles. The van der Waals surface area contributed by atoms with Gasteiger partial charge in [-0.05, 0) is 30.0 Å². The minimum Gasteiger partial charge on any atom is -0.403 e. The Morgan fingerprint density at radius 2 is 1.71 bits per heavy atom. The van der Waals surface area contributed by atoms with Gasteiger partial charge in [0.1, 0.15) is 12.1 Å². The van der Waals surface area contributed by atoms with E-state index in [2.05, 4.69) is 19.6 Å². The van der Waals surface area contributed by atoms with E-state index in [1.165, 1.54) is 19.3 Å². The zero-order chi connectivity index (χ0) is 30.2. The van der Waals surface area contributed by atoms with Crippen LogP contribution in [0.2, 0.25) is 0 Å². The number of rotatable bonds is 6. The van der Waals surface area contributed by atoms with Gasteiger partial charge in [-0.3, -0.25) is 14.5 Å². The van der Waals surface area contributed by atoms with Gasteiger partial charge in [-0.15, -0.1) is 13.2 Å². The number of aliphatic hydroxyl groups is 1. The lowest BCUT2D eigenvalue weighted by Gasteiger charge is -2.40. The standard InChI is InChI=1S/C28H34F4N6O4/c1-17-13-22(40)25-24(17)26(34-16-33-25)37-9-11-38(12-10-37)27(41)20(15-35-5-7-36(8-6-35)18(2)39)19-3-4-23(21(29)14-19)42-28(30,31)32/h3-4,14,16-17,20,22,40H,5-13,15H2,1-2H3/t17-,20?,22-/m1/s1. The number of ether oxygens (including phenoxy) is 1. The third kappa shape index (κ3) is 6.43. The van der Waals surface area contributed by atoms with Crippen molar-refractivity contribution in [2.24, 2.45) is 0 Å². The molecule has 3 atom stereocenters. The second-order valence-electron chi connectivity index (χ2n) is 11.1. The molecule has 228 valence electrons. The smallest absolute Gasteiger partial charge is 0.403 e. The monoisotopic (exact) mass is 594 g/mol. The van der Waals surface area contributed by atoms with Gasteiger partial charge in [0.25, 0.3) is 0 Å². The van der Waals surface area contributed by atoms with E-state index in [4.69, 9.17) is 0 Å². The molecule has 2 saturated heterocycles. The minimum absolute atomic E-state index is 0.0410. The van der Waals surface area contributed by atoms with Gasteiger partial charge in [0.2, 0.25) is 11.8 Å². The number of carbonyl (C=O) groups excluding carboxylic acids is 2. The summed E-state index contributed by atoms with van der Waals surface area (Å²) in [6.45, 7) is 7.41. The number of fused-ring (bicyclic) bond motifs is 1. The lowest BCUT2D eigenvalue weighted by atomic mass is 9.95. The highest BCUT2D eigenvalue weighted by Crippen LogP contribution is 2.43. The van der Waals surface area contributed by atoms with Crippen molar-refractivity contribution in [3.05, 3.63) is 47.2 Å². The fourth-order valence-corrected chi connectivity index (χ4v) is 6.08. The van der Waals surface area contributed by atoms with Crippen LogP contribution in [-0.2, 0) is 9.59 Å². The summed E-state index contributed by atoms with van der Waals surface area (Å²) in [7, 11) is 0. The summed E-state index contributed by atoms with van der Waals surface area (Å²) in [6, 6.07) is 3.13. The Kier molecular flexibility index (Phi) is 8.56. The molecule has 2 fully saturated rings. The highest BCUT2D eigenvalue weighted by atomic mass is 19.4. The SMILES string of the molecule is CC(=O)N1CCN(CC(C(=O)N2CCN(c3ncnc4c3[C@H](C)C[C@H]4O)CC2)c2ccc(OC(F)(F)F)c(F)c2)CC1. The third-order valence-corrected chi connectivity index (χ3v) is 8.31. The van der Waals surface area contributed by atoms with E-state index < -0.39 is 30.0 Å². The Morgan fingerprint density at radius 1 is 1.05 bits per heavy atom. The Morgan fingerprint density at radius 3 is 2.33 bits per heavy atom. The van der Waals surface area contributed by atoms with Crippen molar-refractivity contribution >= 4 is 17.6 Å². The van der Waals surface area contributed by atoms with Crippen LogP contribution >= 0.6 is 0 Å². The summed E-state index contributed by atoms with van der Waals surface area (Å²) in [5.74, 6) is -2.46. The maximum Gasteiger partial charge on any atom is 0.573 e. The lowest BCUT2D eigenvalue weighted by molar-refractivity contribution is -0.275. The van der Waals surface area contributed by atoms with Crippen LogP contribution in [0.15, 0.2) is 24.5 Å². The summed E-state index contributed by atoms with van der Waals surface area (Å²) < 4.78 is 56.6. The van der Waals surface area contributed by atoms with Gasteiger partial charge in [-0.1, -0.05) is 13.0 Å². The topological polar surface area (TPSA) is 102 Å². The van der Waals surface area contributed by atoms with E-state index in [0.29, 0.717) is 64.5 Å². The second kappa shape index (κ2) is 12.0. The van der Waals surface area contributed by atoms with Crippen LogP contribution in [-0.4, -0.2) is 107 Å². The summed E-state index contributed by atoms with van der Waals surface area (Å²) in [4.78, 5) is 41.9. The molecule has 2 aromatic rings. The first kappa shape index (κ1) is 30.0. The summed E-state index contributed by atoms with van der Waals surface area (Å²) in [5.41, 5.74) is 1.81. The Bertz CT molecular complexity index is 1310. The molecular weight excluding hydrogens is 560 g/mol. The quantitative estimate of drug-likeness (QED) is 0.510. The lowest BCUT2D eigenvalue weighted by Crippen LogP contribution is -2.53. The van der Waals surface area contributed by atoms with E-state index in [0.717, 1.165) is 23.5 Å². The average Bonchev–Trinajstić information content (AvgIpc) is 3.25. The van der Waals surface area contributed by atoms with Gasteiger partial charge in [-0.25, -0.2) is 14.4 Å². The van der Waals surface area contributed by atoms with Gasteiger partial charge in [0.05, 0.1) is 17.7 Å². The average molecular weight is 595 g/mol. The molecule has 2 aliphatic heterocycles. The highest BCUT2D eigenvalue weighted by Gasteiger charge is 2.37. The number of amides is 2. The van der Waals surface area contributed by atoms with Crippen LogP contribution in [0.25, 0.3) is 0 Å². The number of aliphatic hydroxyl groups excluding tert-OH is 1. The molecule has 0 spiro atoms. The maximum absolute atomic E-state index is 14.7. The number of aromatic nitrogens is 2. The van der Waals surface area contributed by atoms with Gasteiger partial charge in [0.15, 0.2) is 11.6 Å². The highest BCUT2D eigenvalue weighted by molar-refractivity contribution is 5.84. The zero-order valence-electron chi connectivity index (χ0n) is 23.5. The fourth-order valence-electron chi connectivity index (χ4n) is 6.08. The van der Waals surface area contributed by atoms with Gasteiger partial charge in [-0.2, -0.15) is 0 Å². The van der Waals surface area contributed by atoms with Gasteiger partial charge < -0.3 is 24.5 Å². The summed E-state index contributed by atoms with van der Waals surface area (Å²) >= 11 is 0. The van der Waals surface area contributed by atoms with Gasteiger partial charge >= 0.3 is 6.36 Å². The fraction of sp³-hybridized carbons (Fsp3) is 0.571. The van der Waals surface area contributed by atoms with Crippen molar-refractivity contribution in [3.63, 3.8) is 0 Å². The number of hydrogen-bond donors (Lipinski definition) is 1. The second-order valence-corrected chi connectivity index (χ2v) is 11.1. The van der Waals surface area contributed by atoms with Crippen molar-refractivity contribution in [3.8, 4) is 5.75 Å². The molecular formula is C28H34F4N6O4. The Balaban J connectivity index is 1.33. The molecule has 1 aliphatic carbocycles. The van der Waals surface area contributed by atoms with Crippen molar-refractivity contribution in [2.45, 2.75) is 44.6 Å². The van der Waals surface area contributed by atoms with Crippen LogP contribution in [0.3, 0.4) is 0 Å². The molecule has 0 radical (unpaired) electrons. The summed E-state index contributed by atoms with van der Waals surface area (Å²) in [6.07, 6.45) is -3.67. The number of alkyl halides is 3. The van der Waals surface area contributed by atoms with Crippen LogP contribution < -0.4 is 9.64 Å². The zero-order valence-corrected chi connectivity index (χ0v) is 23.5. The normalized spacial score (nSPS) is 22.2. The van der Waals surface area contributed by atoms with Crippen LogP contribution in [0.1, 0.15) is 55.0 Å². The number of halogens is 4. The van der Waals surface area contributed by atoms with E-state index in [1.807, 2.05) is 11.8 Å². The summed E-state index contributed by atoms with van der Waals surface area (Å²) in [5, 5.41) is 10.4. The minimum atomic E-state index is -5.05. The Hall–Kier alpha value is -3.52.